The summed E-state index contributed by atoms with van der Waals surface area (Å²) in [6, 6.07) is -0.525. The number of nitrogens with zero attached hydrogens (tertiary/aromatic N) is 1. The van der Waals surface area contributed by atoms with Crippen LogP contribution >= 0.6 is 0 Å². The monoisotopic (exact) mass is 258 g/mol. The Morgan fingerprint density at radius 1 is 1.28 bits per heavy atom. The molecule has 5 nitrogen and oxygen atoms in total. The molecule has 0 radical (unpaired) electrons. The fourth-order valence-corrected chi connectivity index (χ4v) is 1.70. The van der Waals surface area contributed by atoms with Crippen LogP contribution in [-0.4, -0.2) is 42.5 Å². The average Bonchev–Trinajstić information content (AvgIpc) is 2.27. The summed E-state index contributed by atoms with van der Waals surface area (Å²) in [5.74, 6) is -0.258. The van der Waals surface area contributed by atoms with Gasteiger partial charge in [0.25, 0.3) is 0 Å². The van der Waals surface area contributed by atoms with Crippen LogP contribution in [0.1, 0.15) is 40.5 Å². The van der Waals surface area contributed by atoms with Gasteiger partial charge in [0.15, 0.2) is 0 Å². The molecule has 1 atom stereocenters. The van der Waals surface area contributed by atoms with Gasteiger partial charge in [-0.15, -0.1) is 0 Å². The summed E-state index contributed by atoms with van der Waals surface area (Å²) in [6.07, 6.45) is 1.48. The van der Waals surface area contributed by atoms with Crippen molar-refractivity contribution < 1.29 is 14.3 Å². The van der Waals surface area contributed by atoms with E-state index in [2.05, 4.69) is 0 Å². The molecule has 0 aliphatic carbocycles. The van der Waals surface area contributed by atoms with E-state index in [9.17, 15) is 9.59 Å². The number of carbonyl (C=O) groups is 2. The molecule has 0 saturated heterocycles. The van der Waals surface area contributed by atoms with Gasteiger partial charge in [-0.25, -0.2) is 0 Å². The zero-order valence-electron chi connectivity index (χ0n) is 11.9. The van der Waals surface area contributed by atoms with Gasteiger partial charge in [-0.1, -0.05) is 27.2 Å². The molecule has 0 aromatic carbocycles. The van der Waals surface area contributed by atoms with E-state index < -0.39 is 6.04 Å². The first-order valence-electron chi connectivity index (χ1n) is 6.62. The van der Waals surface area contributed by atoms with Crippen LogP contribution < -0.4 is 5.73 Å². The highest BCUT2D eigenvalue weighted by molar-refractivity contribution is 5.85. The molecule has 2 N–H and O–H groups in total. The maximum Gasteiger partial charge on any atom is 0.325 e. The van der Waals surface area contributed by atoms with Crippen molar-refractivity contribution in [2.24, 2.45) is 11.7 Å². The molecule has 0 saturated carbocycles. The number of hydrogen-bond acceptors (Lipinski definition) is 4. The minimum absolute atomic E-state index is 0.0116. The second-order valence-electron chi connectivity index (χ2n) is 4.81. The van der Waals surface area contributed by atoms with Gasteiger partial charge in [0.05, 0.1) is 12.6 Å². The number of esters is 1. The molecule has 0 aromatic heterocycles. The summed E-state index contributed by atoms with van der Waals surface area (Å²) in [4.78, 5) is 25.1. The van der Waals surface area contributed by atoms with Crippen molar-refractivity contribution in [3.63, 3.8) is 0 Å². The highest BCUT2D eigenvalue weighted by Crippen LogP contribution is 2.05. The van der Waals surface area contributed by atoms with Crippen LogP contribution in [0.2, 0.25) is 0 Å². The van der Waals surface area contributed by atoms with E-state index >= 15 is 0 Å². The lowest BCUT2D eigenvalue weighted by Gasteiger charge is -2.26. The van der Waals surface area contributed by atoms with E-state index in [0.29, 0.717) is 19.6 Å². The number of amides is 1. The molecule has 0 fully saturated rings. The van der Waals surface area contributed by atoms with Gasteiger partial charge in [0.2, 0.25) is 5.91 Å². The summed E-state index contributed by atoms with van der Waals surface area (Å²) in [5.41, 5.74) is 5.81. The highest BCUT2D eigenvalue weighted by Gasteiger charge is 2.23. The number of nitrogens with two attached hydrogens (primary N) is 1. The highest BCUT2D eigenvalue weighted by atomic mass is 16.5. The number of hydrogen-bond donors (Lipinski definition) is 1. The van der Waals surface area contributed by atoms with Crippen LogP contribution in [-0.2, 0) is 14.3 Å². The lowest BCUT2D eigenvalue weighted by atomic mass is 10.1. The van der Waals surface area contributed by atoms with Crippen molar-refractivity contribution >= 4 is 11.9 Å². The second-order valence-corrected chi connectivity index (χ2v) is 4.81. The predicted molar refractivity (Wildman–Crippen MR) is 70.9 cm³/mol. The summed E-state index contributed by atoms with van der Waals surface area (Å²) >= 11 is 0. The van der Waals surface area contributed by atoms with Crippen LogP contribution in [0.4, 0.5) is 0 Å². The second kappa shape index (κ2) is 8.91. The topological polar surface area (TPSA) is 72.6 Å². The van der Waals surface area contributed by atoms with Gasteiger partial charge < -0.3 is 15.4 Å². The molecule has 106 valence electrons. The van der Waals surface area contributed by atoms with Gasteiger partial charge in [-0.3, -0.25) is 9.59 Å². The SMILES string of the molecule is CCC[C@@H](N)C(=O)N(CC(=O)OCC)CC(C)C. The van der Waals surface area contributed by atoms with Gasteiger partial charge in [-0.2, -0.15) is 0 Å². The third-order valence-electron chi connectivity index (χ3n) is 2.44. The quantitative estimate of drug-likeness (QED) is 0.663. The normalized spacial score (nSPS) is 12.3. The van der Waals surface area contributed by atoms with Gasteiger partial charge in [0.1, 0.15) is 6.54 Å². The maximum absolute atomic E-state index is 12.1. The molecular formula is C13H26N2O3. The number of rotatable bonds is 8. The molecule has 0 aliphatic heterocycles. The summed E-state index contributed by atoms with van der Waals surface area (Å²) in [6.45, 7) is 8.55. The average molecular weight is 258 g/mol. The first-order valence-corrected chi connectivity index (χ1v) is 6.62. The molecule has 0 rings (SSSR count). The molecule has 0 spiro atoms. The molecule has 0 aliphatic rings. The molecule has 18 heavy (non-hydrogen) atoms. The Labute approximate surface area is 110 Å². The summed E-state index contributed by atoms with van der Waals surface area (Å²) in [5, 5.41) is 0. The minimum atomic E-state index is -0.525. The Morgan fingerprint density at radius 3 is 2.33 bits per heavy atom. The summed E-state index contributed by atoms with van der Waals surface area (Å²) in [7, 11) is 0. The van der Waals surface area contributed by atoms with Crippen molar-refractivity contribution in [3.8, 4) is 0 Å². The largest absolute Gasteiger partial charge is 0.465 e. The predicted octanol–water partition coefficient (Wildman–Crippen LogP) is 1.16. The van der Waals surface area contributed by atoms with Crippen LogP contribution in [0.3, 0.4) is 0 Å². The van der Waals surface area contributed by atoms with Crippen molar-refractivity contribution in [1.29, 1.82) is 0 Å². The fourth-order valence-electron chi connectivity index (χ4n) is 1.70. The zero-order chi connectivity index (χ0) is 14.1. The number of ether oxygens (including phenoxy) is 1. The summed E-state index contributed by atoms with van der Waals surface area (Å²) < 4.78 is 4.87. The van der Waals surface area contributed by atoms with Crippen molar-refractivity contribution in [1.82, 2.24) is 4.90 Å². The Bertz CT molecular complexity index is 267. The Hall–Kier alpha value is -1.10. The molecule has 0 aromatic rings. The maximum atomic E-state index is 12.1. The zero-order valence-corrected chi connectivity index (χ0v) is 11.9. The van der Waals surface area contributed by atoms with Crippen LogP contribution in [0, 0.1) is 5.92 Å². The van der Waals surface area contributed by atoms with Gasteiger partial charge >= 0.3 is 5.97 Å². The Kier molecular flexibility index (Phi) is 8.37. The van der Waals surface area contributed by atoms with E-state index in [1.807, 2.05) is 20.8 Å². The van der Waals surface area contributed by atoms with Crippen LogP contribution in [0.5, 0.6) is 0 Å². The van der Waals surface area contributed by atoms with Crippen LogP contribution in [0.15, 0.2) is 0 Å². The third kappa shape index (κ3) is 6.59. The molecule has 1 amide bonds. The van der Waals surface area contributed by atoms with E-state index in [1.165, 1.54) is 4.90 Å². The lowest BCUT2D eigenvalue weighted by Crippen LogP contribution is -2.47. The first kappa shape index (κ1) is 16.9. The standard InChI is InChI=1S/C13H26N2O3/c1-5-7-11(14)13(17)15(8-10(3)4)9-12(16)18-6-2/h10-11H,5-9,14H2,1-4H3/t11-/m1/s1. The van der Waals surface area contributed by atoms with Crippen molar-refractivity contribution in [2.75, 3.05) is 19.7 Å². The molecule has 5 heteroatoms. The molecule has 0 bridgehead atoms. The Balaban J connectivity index is 4.55. The van der Waals surface area contributed by atoms with E-state index in [-0.39, 0.29) is 24.3 Å². The van der Waals surface area contributed by atoms with Crippen molar-refractivity contribution in [3.05, 3.63) is 0 Å². The molecular weight excluding hydrogens is 232 g/mol. The number of carbonyl (C=O) groups excluding carboxylic acids is 2. The molecule has 0 unspecified atom stereocenters. The minimum Gasteiger partial charge on any atom is -0.465 e. The fraction of sp³-hybridized carbons (Fsp3) is 0.846. The molecule has 0 heterocycles. The van der Waals surface area contributed by atoms with E-state index in [4.69, 9.17) is 10.5 Å². The Morgan fingerprint density at radius 2 is 1.89 bits per heavy atom. The third-order valence-corrected chi connectivity index (χ3v) is 2.44. The van der Waals surface area contributed by atoms with Crippen molar-refractivity contribution in [2.45, 2.75) is 46.6 Å². The van der Waals surface area contributed by atoms with E-state index in [0.717, 1.165) is 6.42 Å². The van der Waals surface area contributed by atoms with E-state index in [1.54, 1.807) is 6.92 Å². The first-order chi connectivity index (χ1) is 8.42. The smallest absolute Gasteiger partial charge is 0.325 e. The van der Waals surface area contributed by atoms with Gasteiger partial charge in [-0.05, 0) is 19.3 Å². The van der Waals surface area contributed by atoms with Gasteiger partial charge in [0, 0.05) is 6.54 Å². The lowest BCUT2D eigenvalue weighted by molar-refractivity contribution is -0.149. The van der Waals surface area contributed by atoms with Crippen LogP contribution in [0.25, 0.3) is 0 Å².